The molecule has 1 rings (SSSR count). The van der Waals surface area contributed by atoms with Gasteiger partial charge in [-0.25, -0.2) is 0 Å². The summed E-state index contributed by atoms with van der Waals surface area (Å²) in [5.74, 6) is 0. The summed E-state index contributed by atoms with van der Waals surface area (Å²) in [4.78, 5) is 0. The van der Waals surface area contributed by atoms with Crippen molar-refractivity contribution >= 4 is 0 Å². The lowest BCUT2D eigenvalue weighted by Crippen LogP contribution is -2.47. The van der Waals surface area contributed by atoms with Gasteiger partial charge in [-0.15, -0.1) is 0 Å². The Morgan fingerprint density at radius 2 is 2.15 bits per heavy atom. The molecule has 0 radical (unpaired) electrons. The lowest BCUT2D eigenvalue weighted by Gasteiger charge is -2.25. The molecular weight excluding hydrogens is 181 g/mol. The highest BCUT2D eigenvalue weighted by molar-refractivity contribution is 4.90. The maximum absolute atomic E-state index is 11.8. The van der Waals surface area contributed by atoms with Crippen LogP contribution < -0.4 is 10.6 Å². The first kappa shape index (κ1) is 10.8. The smallest absolute Gasteiger partial charge is 0.310 e. The summed E-state index contributed by atoms with van der Waals surface area (Å²) in [7, 11) is 0. The highest BCUT2D eigenvalue weighted by Crippen LogP contribution is 2.18. The van der Waals surface area contributed by atoms with Crippen LogP contribution in [0.25, 0.3) is 0 Å². The molecule has 1 unspecified atom stereocenters. The number of rotatable bonds is 3. The second-order valence-electron chi connectivity index (χ2n) is 3.81. The molecule has 2 N–H and O–H groups in total. The molecule has 0 aromatic carbocycles. The van der Waals surface area contributed by atoms with Gasteiger partial charge in [0, 0.05) is 12.1 Å². The van der Waals surface area contributed by atoms with E-state index in [1.807, 2.05) is 6.92 Å². The highest BCUT2D eigenvalue weighted by Gasteiger charge is 2.31. The summed E-state index contributed by atoms with van der Waals surface area (Å²) in [5.41, 5.74) is -0.148. The van der Waals surface area contributed by atoms with E-state index in [1.54, 1.807) is 0 Å². The molecule has 1 aliphatic heterocycles. The second-order valence-corrected chi connectivity index (χ2v) is 3.81. The summed E-state index contributed by atoms with van der Waals surface area (Å²) in [6.07, 6.45) is -2.11. The molecule has 1 aliphatic rings. The van der Waals surface area contributed by atoms with Crippen LogP contribution in [0.2, 0.25) is 0 Å². The quantitative estimate of drug-likeness (QED) is 0.710. The summed E-state index contributed by atoms with van der Waals surface area (Å²) in [6, 6.07) is 0. The van der Waals surface area contributed by atoms with Crippen LogP contribution in [0.1, 0.15) is 19.8 Å². The van der Waals surface area contributed by atoms with Gasteiger partial charge in [0.1, 0.15) is 0 Å². The Kier molecular flexibility index (Phi) is 3.18. The van der Waals surface area contributed by atoms with Crippen molar-refractivity contribution in [3.63, 3.8) is 0 Å². The summed E-state index contributed by atoms with van der Waals surface area (Å²) >= 11 is 0. The number of nitrogens with one attached hydrogen (secondary N) is 2. The number of alkyl halides is 3. The van der Waals surface area contributed by atoms with Gasteiger partial charge in [-0.05, 0) is 26.3 Å². The number of halogens is 3. The maximum atomic E-state index is 11.8. The topological polar surface area (TPSA) is 24.1 Å². The fraction of sp³-hybridized carbons (Fsp3) is 1.00. The Bertz CT molecular complexity index is 161. The van der Waals surface area contributed by atoms with Crippen molar-refractivity contribution in [1.82, 2.24) is 10.6 Å². The van der Waals surface area contributed by atoms with Crippen LogP contribution in [0.4, 0.5) is 13.2 Å². The van der Waals surface area contributed by atoms with E-state index in [0.29, 0.717) is 6.54 Å². The van der Waals surface area contributed by atoms with Crippen molar-refractivity contribution in [3.05, 3.63) is 0 Å². The van der Waals surface area contributed by atoms with Gasteiger partial charge in [0.2, 0.25) is 0 Å². The first-order valence-corrected chi connectivity index (χ1v) is 4.44. The van der Waals surface area contributed by atoms with E-state index in [9.17, 15) is 13.2 Å². The monoisotopic (exact) mass is 196 g/mol. The summed E-state index contributed by atoms with van der Waals surface area (Å²) in [6.45, 7) is 2.34. The Labute approximate surface area is 75.9 Å². The van der Waals surface area contributed by atoms with Crippen LogP contribution in [0, 0.1) is 0 Å². The van der Waals surface area contributed by atoms with Gasteiger partial charge >= 0.3 is 6.18 Å². The molecule has 1 atom stereocenters. The standard InChI is InChI=1S/C8H15F3N2/c1-7(3-2-4-13-7)5-12-6-8(9,10)11/h12-13H,2-6H2,1H3. The zero-order valence-electron chi connectivity index (χ0n) is 7.67. The normalized spacial score (nSPS) is 29.5. The van der Waals surface area contributed by atoms with E-state index >= 15 is 0 Å². The minimum Gasteiger partial charge on any atom is -0.310 e. The molecule has 1 heterocycles. The zero-order valence-corrected chi connectivity index (χ0v) is 7.67. The molecule has 0 bridgehead atoms. The van der Waals surface area contributed by atoms with Crippen molar-refractivity contribution in [2.75, 3.05) is 19.6 Å². The van der Waals surface area contributed by atoms with Gasteiger partial charge < -0.3 is 10.6 Å². The average molecular weight is 196 g/mol. The Morgan fingerprint density at radius 1 is 1.46 bits per heavy atom. The molecule has 0 spiro atoms. The van der Waals surface area contributed by atoms with Crippen molar-refractivity contribution in [3.8, 4) is 0 Å². The molecule has 0 amide bonds. The van der Waals surface area contributed by atoms with Crippen LogP contribution in [-0.4, -0.2) is 31.3 Å². The third-order valence-corrected chi connectivity index (χ3v) is 2.30. The van der Waals surface area contributed by atoms with Crippen molar-refractivity contribution in [2.24, 2.45) is 0 Å². The number of hydrogen-bond donors (Lipinski definition) is 2. The van der Waals surface area contributed by atoms with E-state index in [0.717, 1.165) is 19.4 Å². The van der Waals surface area contributed by atoms with Gasteiger partial charge in [-0.1, -0.05) is 0 Å². The van der Waals surface area contributed by atoms with Crippen LogP contribution in [0.15, 0.2) is 0 Å². The lowest BCUT2D eigenvalue weighted by atomic mass is 10.0. The van der Waals surface area contributed by atoms with Crippen molar-refractivity contribution < 1.29 is 13.2 Å². The van der Waals surface area contributed by atoms with Crippen molar-refractivity contribution in [1.29, 1.82) is 0 Å². The SMILES string of the molecule is CC1(CNCC(F)(F)F)CCCN1. The largest absolute Gasteiger partial charge is 0.401 e. The van der Waals surface area contributed by atoms with Gasteiger partial charge in [0.05, 0.1) is 6.54 Å². The lowest BCUT2D eigenvalue weighted by molar-refractivity contribution is -0.125. The van der Waals surface area contributed by atoms with Gasteiger partial charge in [-0.3, -0.25) is 0 Å². The fourth-order valence-corrected chi connectivity index (χ4v) is 1.59. The molecular formula is C8H15F3N2. The second kappa shape index (κ2) is 3.84. The first-order valence-electron chi connectivity index (χ1n) is 4.44. The molecule has 0 aliphatic carbocycles. The van der Waals surface area contributed by atoms with Gasteiger partial charge in [0.15, 0.2) is 0 Å². The van der Waals surface area contributed by atoms with E-state index in [2.05, 4.69) is 10.6 Å². The van der Waals surface area contributed by atoms with Crippen LogP contribution in [0.3, 0.4) is 0 Å². The molecule has 78 valence electrons. The number of hydrogen-bond acceptors (Lipinski definition) is 2. The molecule has 2 nitrogen and oxygen atoms in total. The average Bonchev–Trinajstić information content (AvgIpc) is 2.33. The molecule has 0 aromatic heterocycles. The molecule has 13 heavy (non-hydrogen) atoms. The van der Waals surface area contributed by atoms with E-state index in [4.69, 9.17) is 0 Å². The Hall–Kier alpha value is -0.290. The van der Waals surface area contributed by atoms with E-state index in [1.165, 1.54) is 0 Å². The third-order valence-electron chi connectivity index (χ3n) is 2.30. The van der Waals surface area contributed by atoms with Crippen LogP contribution in [-0.2, 0) is 0 Å². The predicted octanol–water partition coefficient (Wildman–Crippen LogP) is 1.28. The summed E-state index contributed by atoms with van der Waals surface area (Å²) in [5, 5.41) is 5.61. The zero-order chi connectivity index (χ0) is 9.95. The van der Waals surface area contributed by atoms with E-state index < -0.39 is 12.7 Å². The van der Waals surface area contributed by atoms with Crippen LogP contribution in [0.5, 0.6) is 0 Å². The Balaban J connectivity index is 2.18. The van der Waals surface area contributed by atoms with Crippen LogP contribution >= 0.6 is 0 Å². The van der Waals surface area contributed by atoms with Gasteiger partial charge in [0.25, 0.3) is 0 Å². The molecule has 0 saturated carbocycles. The van der Waals surface area contributed by atoms with Crippen molar-refractivity contribution in [2.45, 2.75) is 31.5 Å². The third kappa shape index (κ3) is 3.95. The maximum Gasteiger partial charge on any atom is 0.401 e. The highest BCUT2D eigenvalue weighted by atomic mass is 19.4. The Morgan fingerprint density at radius 3 is 2.62 bits per heavy atom. The first-order chi connectivity index (χ1) is 5.91. The molecule has 0 aromatic rings. The van der Waals surface area contributed by atoms with Gasteiger partial charge in [-0.2, -0.15) is 13.2 Å². The molecule has 1 saturated heterocycles. The minimum atomic E-state index is -4.10. The minimum absolute atomic E-state index is 0.148. The molecule has 1 fully saturated rings. The van der Waals surface area contributed by atoms with E-state index in [-0.39, 0.29) is 5.54 Å². The predicted molar refractivity (Wildman–Crippen MR) is 44.6 cm³/mol. The summed E-state index contributed by atoms with van der Waals surface area (Å²) < 4.78 is 35.3. The molecule has 5 heteroatoms. The fourth-order valence-electron chi connectivity index (χ4n) is 1.59.